The number of unbranched alkanes of at least 4 members (excludes halogenated alkanes) is 1. The highest BCUT2D eigenvalue weighted by molar-refractivity contribution is 5.91. The predicted molar refractivity (Wildman–Crippen MR) is 268 cm³/mol. The maximum atomic E-state index is 12.5. The normalized spacial score (nSPS) is 18.1. The number of hydrogen-bond donors (Lipinski definition) is 4. The molecule has 0 bridgehead atoms. The average molecular weight is 915 g/mol. The lowest BCUT2D eigenvalue weighted by Gasteiger charge is -2.28. The van der Waals surface area contributed by atoms with Gasteiger partial charge in [-0.15, -0.1) is 0 Å². The molecule has 0 aliphatic heterocycles. The Kier molecular flexibility index (Phi) is 20.9. The number of anilines is 4. The molecule has 6 rings (SSSR count). The van der Waals surface area contributed by atoms with E-state index < -0.39 is 11.9 Å². The van der Waals surface area contributed by atoms with Crippen molar-refractivity contribution in [2.24, 2.45) is 11.8 Å². The summed E-state index contributed by atoms with van der Waals surface area (Å²) < 4.78 is 21.9. The van der Waals surface area contributed by atoms with Crippen LogP contribution in [0.15, 0.2) is 97.1 Å². The van der Waals surface area contributed by atoms with Gasteiger partial charge in [-0.2, -0.15) is 0 Å². The van der Waals surface area contributed by atoms with Gasteiger partial charge in [-0.1, -0.05) is 70.2 Å². The van der Waals surface area contributed by atoms with Crippen molar-refractivity contribution < 1.29 is 38.1 Å². The summed E-state index contributed by atoms with van der Waals surface area (Å²) in [7, 11) is 0. The first-order valence-corrected chi connectivity index (χ1v) is 24.0. The smallest absolute Gasteiger partial charge is 0.338 e. The van der Waals surface area contributed by atoms with Crippen LogP contribution in [0.3, 0.4) is 0 Å². The molecule has 0 heterocycles. The van der Waals surface area contributed by atoms with Crippen LogP contribution >= 0.6 is 0 Å². The van der Waals surface area contributed by atoms with Crippen LogP contribution in [-0.2, 0) is 41.4 Å². The third-order valence-corrected chi connectivity index (χ3v) is 12.3. The zero-order valence-corrected chi connectivity index (χ0v) is 39.3. The van der Waals surface area contributed by atoms with E-state index in [4.69, 9.17) is 41.9 Å². The molecule has 0 aromatic heterocycles. The molecule has 0 radical (unpaired) electrons. The zero-order valence-electron chi connectivity index (χ0n) is 39.3. The summed E-state index contributed by atoms with van der Waals surface area (Å²) in [6, 6.07) is 24.7. The second-order valence-corrected chi connectivity index (χ2v) is 17.8. The Bertz CT molecular complexity index is 2220. The summed E-state index contributed by atoms with van der Waals surface area (Å²) in [6.45, 7) is 4.91. The molecule has 2 saturated carbocycles. The quantitative estimate of drug-likeness (QED) is 0.0300. The summed E-state index contributed by atoms with van der Waals surface area (Å²) >= 11 is 0. The Morgan fingerprint density at radius 2 is 0.881 bits per heavy atom. The molecule has 0 atom stereocenters. The SMILES string of the molecule is CCCC1CCC(OC(=O)c2ccc(/C=C/C(=O)OCCc3cc(N)cc(N)c3)cc2)CC1.CCCCC1CCC(OC(=O)c2ccc(/C=C/C(=O)OCCc3cc(N)cc(N)c3)cc2)CC1. The van der Waals surface area contributed by atoms with Crippen LogP contribution in [0.4, 0.5) is 22.7 Å². The molecule has 2 aliphatic rings. The van der Waals surface area contributed by atoms with E-state index in [0.29, 0.717) is 46.7 Å². The molecule has 12 nitrogen and oxygen atoms in total. The maximum Gasteiger partial charge on any atom is 0.338 e. The molecular weight excluding hydrogens is 845 g/mol. The predicted octanol–water partition coefficient (Wildman–Crippen LogP) is 10.7. The number of rotatable bonds is 19. The number of benzene rings is 4. The highest BCUT2D eigenvalue weighted by Crippen LogP contribution is 2.31. The van der Waals surface area contributed by atoms with Gasteiger partial charge in [-0.3, -0.25) is 0 Å². The van der Waals surface area contributed by atoms with Gasteiger partial charge in [0.05, 0.1) is 24.3 Å². The fourth-order valence-corrected chi connectivity index (χ4v) is 8.62. The van der Waals surface area contributed by atoms with Gasteiger partial charge in [0.15, 0.2) is 0 Å². The highest BCUT2D eigenvalue weighted by atomic mass is 16.6. The van der Waals surface area contributed by atoms with Gasteiger partial charge in [-0.25, -0.2) is 19.2 Å². The molecule has 67 heavy (non-hydrogen) atoms. The van der Waals surface area contributed by atoms with Crippen LogP contribution in [0.1, 0.15) is 140 Å². The van der Waals surface area contributed by atoms with Crippen molar-refractivity contribution in [3.63, 3.8) is 0 Å². The molecule has 4 aromatic rings. The molecule has 0 amide bonds. The number of ether oxygens (including phenoxy) is 4. The standard InChI is InChI=1S/C28H36N2O4.C27H34N2O4/c1-2-3-4-20-7-12-26(13-8-20)34-28(32)23-10-5-21(6-11-23)9-14-27(31)33-16-15-22-17-24(29)19-25(30)18-22;1-2-3-19-6-11-25(12-7-19)33-27(31)22-9-4-20(5-10-22)8-13-26(30)32-15-14-21-16-23(28)18-24(29)17-21/h5-6,9-11,14,17-20,26H,2-4,7-8,12-13,15-16,29-30H2,1H3;4-5,8-10,13,16-19,25H,2-3,6-7,11-12,14-15,28-29H2,1H3/b14-9+;13-8+. The second kappa shape index (κ2) is 27.2. The molecule has 0 saturated heterocycles. The van der Waals surface area contributed by atoms with E-state index in [1.807, 2.05) is 24.3 Å². The Balaban J connectivity index is 0.000000251. The first-order chi connectivity index (χ1) is 32.3. The number of carbonyl (C=O) groups is 4. The Hall–Kier alpha value is -6.56. The number of carbonyl (C=O) groups excluding carboxylic acids is 4. The van der Waals surface area contributed by atoms with Gasteiger partial charge >= 0.3 is 23.9 Å². The summed E-state index contributed by atoms with van der Waals surface area (Å²) in [5, 5.41) is 0. The van der Waals surface area contributed by atoms with E-state index in [1.165, 1.54) is 44.3 Å². The third kappa shape index (κ3) is 18.7. The number of hydrogen-bond acceptors (Lipinski definition) is 12. The molecule has 0 spiro atoms. The highest BCUT2D eigenvalue weighted by Gasteiger charge is 2.25. The summed E-state index contributed by atoms with van der Waals surface area (Å²) in [6.07, 6.45) is 21.8. The van der Waals surface area contributed by atoms with Crippen LogP contribution in [0.25, 0.3) is 12.2 Å². The van der Waals surface area contributed by atoms with Crippen LogP contribution in [-0.4, -0.2) is 49.3 Å². The average Bonchev–Trinajstić information content (AvgIpc) is 3.30. The molecule has 12 heteroatoms. The first-order valence-electron chi connectivity index (χ1n) is 24.0. The van der Waals surface area contributed by atoms with E-state index in [2.05, 4.69) is 13.8 Å². The fraction of sp³-hybridized carbons (Fsp3) is 0.418. The molecule has 2 aliphatic carbocycles. The van der Waals surface area contributed by atoms with E-state index in [0.717, 1.165) is 85.5 Å². The summed E-state index contributed by atoms with van der Waals surface area (Å²) in [4.78, 5) is 48.9. The minimum atomic E-state index is -0.436. The molecule has 4 aromatic carbocycles. The van der Waals surface area contributed by atoms with Gasteiger partial charge in [0.2, 0.25) is 0 Å². The van der Waals surface area contributed by atoms with E-state index >= 15 is 0 Å². The third-order valence-electron chi connectivity index (χ3n) is 12.3. The van der Waals surface area contributed by atoms with Gasteiger partial charge in [0, 0.05) is 47.7 Å². The van der Waals surface area contributed by atoms with E-state index in [9.17, 15) is 19.2 Å². The van der Waals surface area contributed by atoms with Crippen molar-refractivity contribution in [1.82, 2.24) is 0 Å². The first kappa shape index (κ1) is 51.4. The van der Waals surface area contributed by atoms with Gasteiger partial charge in [0.25, 0.3) is 0 Å². The van der Waals surface area contributed by atoms with Crippen LogP contribution < -0.4 is 22.9 Å². The van der Waals surface area contributed by atoms with E-state index in [-0.39, 0.29) is 37.4 Å². The van der Waals surface area contributed by atoms with Crippen molar-refractivity contribution in [1.29, 1.82) is 0 Å². The van der Waals surface area contributed by atoms with Crippen molar-refractivity contribution in [3.05, 3.63) is 130 Å². The molecule has 358 valence electrons. The van der Waals surface area contributed by atoms with Gasteiger partial charge < -0.3 is 41.9 Å². The van der Waals surface area contributed by atoms with Crippen LogP contribution in [0.5, 0.6) is 0 Å². The molecule has 0 unspecified atom stereocenters. The Labute approximate surface area is 396 Å². The summed E-state index contributed by atoms with van der Waals surface area (Å²) in [5.41, 5.74) is 29.9. The summed E-state index contributed by atoms with van der Waals surface area (Å²) in [5.74, 6) is 0.117. The minimum Gasteiger partial charge on any atom is -0.462 e. The van der Waals surface area contributed by atoms with Gasteiger partial charge in [-0.05, 0) is 158 Å². The topological polar surface area (TPSA) is 209 Å². The number of esters is 4. The fourth-order valence-electron chi connectivity index (χ4n) is 8.62. The van der Waals surface area contributed by atoms with Crippen LogP contribution in [0.2, 0.25) is 0 Å². The lowest BCUT2D eigenvalue weighted by molar-refractivity contribution is -0.138. The minimum absolute atomic E-state index is 0.0171. The number of nitrogens with two attached hydrogens (primary N) is 4. The zero-order chi connectivity index (χ0) is 48.0. The lowest BCUT2D eigenvalue weighted by atomic mass is 9.84. The molecule has 2 fully saturated rings. The molecule has 8 N–H and O–H groups in total. The van der Waals surface area contributed by atoms with Crippen molar-refractivity contribution in [2.45, 2.75) is 122 Å². The number of nitrogen functional groups attached to an aromatic ring is 4. The lowest BCUT2D eigenvalue weighted by Crippen LogP contribution is -2.24. The van der Waals surface area contributed by atoms with E-state index in [1.54, 1.807) is 72.8 Å². The Morgan fingerprint density at radius 3 is 1.24 bits per heavy atom. The van der Waals surface area contributed by atoms with Gasteiger partial charge in [0.1, 0.15) is 12.2 Å². The van der Waals surface area contributed by atoms with Crippen molar-refractivity contribution in [3.8, 4) is 0 Å². The largest absolute Gasteiger partial charge is 0.462 e. The molecular formula is C55H70N4O8. The van der Waals surface area contributed by atoms with Crippen LogP contribution in [0, 0.1) is 11.8 Å². The second-order valence-electron chi connectivity index (χ2n) is 17.8. The maximum absolute atomic E-state index is 12.5. The Morgan fingerprint density at radius 1 is 0.507 bits per heavy atom. The van der Waals surface area contributed by atoms with Crippen molar-refractivity contribution >= 4 is 58.8 Å². The van der Waals surface area contributed by atoms with Crippen molar-refractivity contribution in [2.75, 3.05) is 36.1 Å². The monoisotopic (exact) mass is 915 g/mol.